The number of hydrogen-bond donors (Lipinski definition) is 0. The predicted octanol–water partition coefficient (Wildman–Crippen LogP) is 1.40. The summed E-state index contributed by atoms with van der Waals surface area (Å²) in [5.74, 6) is -29.5. The maximum Gasteiger partial charge on any atom is 1.00 e. The van der Waals surface area contributed by atoms with Crippen LogP contribution in [0.2, 0.25) is 0 Å². The summed E-state index contributed by atoms with van der Waals surface area (Å²) in [6.45, 7) is 0. The van der Waals surface area contributed by atoms with Crippen molar-refractivity contribution in [3.63, 3.8) is 0 Å². The summed E-state index contributed by atoms with van der Waals surface area (Å²) in [4.78, 5) is 0. The van der Waals surface area contributed by atoms with E-state index in [-0.39, 0.29) is 51.4 Å². The Balaban J connectivity index is 0. The molecule has 0 saturated carbocycles. The Hall–Kier alpha value is 0.636. The van der Waals surface area contributed by atoms with Crippen LogP contribution in [0.3, 0.4) is 0 Å². The minimum absolute atomic E-state index is 0. The molecule has 0 rings (SSSR count). The molecule has 18 heteroatoms. The minimum Gasteiger partial charge on any atom is -0.743 e. The average Bonchev–Trinajstić information content (AvgIpc) is 2.34. The van der Waals surface area contributed by atoms with Crippen molar-refractivity contribution in [3.05, 3.63) is 0 Å². The van der Waals surface area contributed by atoms with Crippen molar-refractivity contribution in [1.82, 2.24) is 0 Å². The van der Waals surface area contributed by atoms with Gasteiger partial charge in [0.15, 0.2) is 10.1 Å². The normalized spacial score (nSPS) is 15.5. The monoisotopic (exact) mass is 480 g/mol. The van der Waals surface area contributed by atoms with Gasteiger partial charge in [-0.15, -0.1) is 0 Å². The minimum atomic E-state index is -7.83. The first kappa shape index (κ1) is 29.8. The summed E-state index contributed by atoms with van der Waals surface area (Å²) in [7, 11) is -7.73. The van der Waals surface area contributed by atoms with Gasteiger partial charge in [0, 0.05) is 12.8 Å². The van der Waals surface area contributed by atoms with Crippen molar-refractivity contribution in [2.45, 2.75) is 54.4 Å². The van der Waals surface area contributed by atoms with Crippen molar-refractivity contribution in [1.29, 1.82) is 0 Å². The molecular formula is C9H6F13KO3S. The summed E-state index contributed by atoms with van der Waals surface area (Å²) in [5, 5.41) is -7.44. The predicted molar refractivity (Wildman–Crippen MR) is 54.3 cm³/mol. The topological polar surface area (TPSA) is 57.2 Å². The van der Waals surface area contributed by atoms with Crippen molar-refractivity contribution in [3.8, 4) is 0 Å². The molecule has 0 aromatic rings. The maximum atomic E-state index is 13.1. The quantitative estimate of drug-likeness (QED) is 0.300. The van der Waals surface area contributed by atoms with Crippen LogP contribution >= 0.6 is 0 Å². The van der Waals surface area contributed by atoms with Gasteiger partial charge in [0.05, 0.1) is 0 Å². The van der Waals surface area contributed by atoms with Crippen LogP contribution in [0.25, 0.3) is 0 Å². The molecule has 0 heterocycles. The largest absolute Gasteiger partial charge is 1.00 e. The molecule has 0 spiro atoms. The van der Waals surface area contributed by atoms with E-state index < -0.39 is 64.5 Å². The van der Waals surface area contributed by atoms with Crippen LogP contribution in [0.1, 0.15) is 19.3 Å². The maximum absolute atomic E-state index is 13.1. The molecule has 0 atom stereocenters. The smallest absolute Gasteiger partial charge is 0.743 e. The van der Waals surface area contributed by atoms with Crippen molar-refractivity contribution in [2.24, 2.45) is 0 Å². The van der Waals surface area contributed by atoms with E-state index in [1.807, 2.05) is 0 Å². The van der Waals surface area contributed by atoms with Crippen LogP contribution in [0.5, 0.6) is 0 Å². The Labute approximate surface area is 184 Å². The van der Waals surface area contributed by atoms with E-state index in [4.69, 9.17) is 0 Å². The van der Waals surface area contributed by atoms with Crippen molar-refractivity contribution in [2.75, 3.05) is 0 Å². The van der Waals surface area contributed by atoms with Gasteiger partial charge in [-0.2, -0.15) is 57.1 Å². The Bertz CT molecular complexity index is 613. The Morgan fingerprint density at radius 1 is 0.630 bits per heavy atom. The number of rotatable bonds is 8. The van der Waals surface area contributed by atoms with Crippen LogP contribution in [-0.2, 0) is 10.1 Å². The molecule has 0 aromatic heterocycles. The van der Waals surface area contributed by atoms with Gasteiger partial charge in [-0.05, 0) is 6.42 Å². The first-order valence-electron chi connectivity index (χ1n) is 5.87. The molecule has 3 nitrogen and oxygen atoms in total. The van der Waals surface area contributed by atoms with E-state index in [0.29, 0.717) is 0 Å². The molecule has 0 N–H and O–H groups in total. The summed E-state index contributed by atoms with van der Waals surface area (Å²) >= 11 is 0. The third-order valence-electron chi connectivity index (χ3n) is 2.88. The van der Waals surface area contributed by atoms with E-state index in [1.54, 1.807) is 0 Å². The zero-order chi connectivity index (χ0) is 21.6. The van der Waals surface area contributed by atoms with Crippen LogP contribution in [-0.4, -0.2) is 48.1 Å². The van der Waals surface area contributed by atoms with Crippen LogP contribution < -0.4 is 51.4 Å². The fraction of sp³-hybridized carbons (Fsp3) is 1.00. The van der Waals surface area contributed by atoms with Gasteiger partial charge in [-0.25, -0.2) is 8.42 Å². The second-order valence-corrected chi connectivity index (χ2v) is 6.29. The number of alkyl halides is 13. The third-order valence-corrected chi connectivity index (χ3v) is 3.76. The molecule has 0 aliphatic carbocycles. The Morgan fingerprint density at radius 2 is 1.00 bits per heavy atom. The first-order chi connectivity index (χ1) is 11.0. The van der Waals surface area contributed by atoms with E-state index >= 15 is 0 Å². The molecule has 0 fully saturated rings. The second kappa shape index (κ2) is 8.41. The van der Waals surface area contributed by atoms with Gasteiger partial charge in [-0.1, -0.05) is 0 Å². The van der Waals surface area contributed by atoms with Crippen LogP contribution in [0.4, 0.5) is 57.1 Å². The zero-order valence-corrected chi connectivity index (χ0v) is 16.6. The molecule has 0 saturated heterocycles. The summed E-state index contributed by atoms with van der Waals surface area (Å²) in [6.07, 6.45) is -12.2. The van der Waals surface area contributed by atoms with E-state index in [9.17, 15) is 70.0 Å². The molecule has 0 amide bonds. The number of hydrogen-bond acceptors (Lipinski definition) is 3. The van der Waals surface area contributed by atoms with Gasteiger partial charge < -0.3 is 4.55 Å². The van der Waals surface area contributed by atoms with E-state index in [0.717, 1.165) is 0 Å². The SMILES string of the molecule is O=S(=O)([O-])C(F)(F)C(F)(F)C(F)(F)C(F)(F)C(F)(F)CCCC(F)(F)F.[K+]. The average molecular weight is 480 g/mol. The molecule has 0 aliphatic heterocycles. The van der Waals surface area contributed by atoms with Gasteiger partial charge in [0.25, 0.3) is 0 Å². The molecule has 0 aromatic carbocycles. The van der Waals surface area contributed by atoms with Gasteiger partial charge in [-0.3, -0.25) is 0 Å². The third kappa shape index (κ3) is 5.62. The van der Waals surface area contributed by atoms with Crippen LogP contribution in [0.15, 0.2) is 0 Å². The molecule has 0 aliphatic rings. The van der Waals surface area contributed by atoms with Crippen LogP contribution in [0, 0.1) is 0 Å². The van der Waals surface area contributed by atoms with Crippen molar-refractivity contribution < 1.29 is 121 Å². The van der Waals surface area contributed by atoms with Gasteiger partial charge in [0.1, 0.15) is 0 Å². The Morgan fingerprint density at radius 3 is 1.30 bits per heavy atom. The molecule has 158 valence electrons. The summed E-state index contributed by atoms with van der Waals surface area (Å²) < 4.78 is 195. The fourth-order valence-corrected chi connectivity index (χ4v) is 1.88. The second-order valence-electron chi connectivity index (χ2n) is 4.87. The first-order valence-corrected chi connectivity index (χ1v) is 7.28. The molecule has 0 radical (unpaired) electrons. The van der Waals surface area contributed by atoms with Gasteiger partial charge >= 0.3 is 86.5 Å². The van der Waals surface area contributed by atoms with Gasteiger partial charge in [0.2, 0.25) is 0 Å². The summed E-state index contributed by atoms with van der Waals surface area (Å²) in [5.41, 5.74) is 0. The Kier molecular flexibility index (Phi) is 9.29. The molecule has 0 bridgehead atoms. The standard InChI is InChI=1S/C9H7F13O3S.K/c10-4(11,2-1-3-5(12,13)14)6(15,16)7(17,18)8(19,20)9(21,22)26(23,24)25;/h1-3H2,(H,23,24,25);/q;+1/p-1. The zero-order valence-electron chi connectivity index (χ0n) is 12.7. The number of halogens is 13. The van der Waals surface area contributed by atoms with E-state index in [2.05, 4.69) is 0 Å². The molecule has 0 unspecified atom stereocenters. The molecular weight excluding hydrogens is 474 g/mol. The fourth-order valence-electron chi connectivity index (χ4n) is 1.43. The summed E-state index contributed by atoms with van der Waals surface area (Å²) in [6, 6.07) is 0. The van der Waals surface area contributed by atoms with E-state index in [1.165, 1.54) is 0 Å². The molecule has 27 heavy (non-hydrogen) atoms. The van der Waals surface area contributed by atoms with Crippen molar-refractivity contribution >= 4 is 10.1 Å².